The molecular weight excluding hydrogens is 335 g/mol. The Morgan fingerprint density at radius 2 is 1.75 bits per heavy atom. The zero-order valence-corrected chi connectivity index (χ0v) is 12.7. The van der Waals surface area contributed by atoms with E-state index >= 15 is 0 Å². The van der Waals surface area contributed by atoms with Gasteiger partial charge in [-0.2, -0.15) is 13.2 Å². The van der Waals surface area contributed by atoms with Gasteiger partial charge >= 0.3 is 17.8 Å². The topological polar surface area (TPSA) is 103 Å². The molecule has 0 aliphatic carbocycles. The molecule has 11 heteroatoms. The summed E-state index contributed by atoms with van der Waals surface area (Å²) in [5.41, 5.74) is -0.454. The number of carbonyl (C=O) groups is 1. The van der Waals surface area contributed by atoms with Crippen LogP contribution in [0.4, 0.5) is 18.9 Å². The number of halogens is 3. The molecule has 1 fully saturated rings. The lowest BCUT2D eigenvalue weighted by atomic mass is 10.3. The number of rotatable bonds is 3. The average molecular weight is 351 g/mol. The molecule has 1 aromatic carbocycles. The lowest BCUT2D eigenvalue weighted by Gasteiger charge is -2.11. The highest BCUT2D eigenvalue weighted by molar-refractivity contribution is 5.78. The van der Waals surface area contributed by atoms with E-state index in [1.54, 1.807) is 0 Å². The van der Waals surface area contributed by atoms with Crippen molar-refractivity contribution in [3.05, 3.63) is 28.3 Å². The maximum Gasteiger partial charge on any atom is 0.491 e. The lowest BCUT2D eigenvalue weighted by Crippen LogP contribution is -2.39. The second-order valence-corrected chi connectivity index (χ2v) is 4.48. The number of esters is 1. The normalized spacial score (nSPS) is 14.2. The molecule has 2 rings (SSSR count). The Morgan fingerprint density at radius 1 is 1.21 bits per heavy atom. The van der Waals surface area contributed by atoms with Crippen molar-refractivity contribution in [1.29, 1.82) is 0 Å². The maximum absolute atomic E-state index is 11.9. The third kappa shape index (κ3) is 6.38. The first-order chi connectivity index (χ1) is 11.3. The van der Waals surface area contributed by atoms with Gasteiger partial charge in [-0.05, 0) is 6.07 Å². The first kappa shape index (κ1) is 19.6. The minimum Gasteiger partial charge on any atom is -0.490 e. The molecule has 0 amide bonds. The molecule has 1 aliphatic rings. The second-order valence-electron chi connectivity index (χ2n) is 4.48. The van der Waals surface area contributed by atoms with E-state index < -0.39 is 28.5 Å². The van der Waals surface area contributed by atoms with Gasteiger partial charge in [0.1, 0.15) is 5.75 Å². The summed E-state index contributed by atoms with van der Waals surface area (Å²) in [5, 5.41) is 17.0. The summed E-state index contributed by atoms with van der Waals surface area (Å²) >= 11 is 0. The maximum atomic E-state index is 11.9. The van der Waals surface area contributed by atoms with E-state index in [1.807, 2.05) is 0 Å². The van der Waals surface area contributed by atoms with Crippen molar-refractivity contribution >= 4 is 11.7 Å². The van der Waals surface area contributed by atoms with Crippen LogP contribution >= 0.6 is 0 Å². The summed E-state index contributed by atoms with van der Waals surface area (Å²) in [6, 6.07) is 2.56. The molecule has 8 nitrogen and oxygen atoms in total. The first-order valence-electron chi connectivity index (χ1n) is 6.78. The Morgan fingerprint density at radius 3 is 2.12 bits per heavy atom. The molecule has 1 aromatic rings. The highest BCUT2D eigenvalue weighted by Crippen LogP contribution is 2.31. The van der Waals surface area contributed by atoms with Crippen LogP contribution in [0.3, 0.4) is 0 Å². The van der Waals surface area contributed by atoms with Crippen LogP contribution in [0, 0.1) is 10.1 Å². The molecule has 0 saturated carbocycles. The number of carbonyl (C=O) groups excluding carboxylic acids is 1. The molecule has 134 valence electrons. The minimum atomic E-state index is -5.14. The monoisotopic (exact) mass is 351 g/mol. The van der Waals surface area contributed by atoms with E-state index in [9.17, 15) is 28.1 Å². The quantitative estimate of drug-likeness (QED) is 0.366. The Labute approximate surface area is 135 Å². The summed E-state index contributed by atoms with van der Waals surface area (Å²) in [6.07, 6.45) is -5.14. The summed E-state index contributed by atoms with van der Waals surface area (Å²) < 4.78 is 44.3. The fourth-order valence-electron chi connectivity index (χ4n) is 1.64. The molecule has 1 saturated heterocycles. The molecule has 0 spiro atoms. The summed E-state index contributed by atoms with van der Waals surface area (Å²) in [6.45, 7) is 4.56. The molecule has 1 aliphatic heterocycles. The predicted octanol–water partition coefficient (Wildman–Crippen LogP) is 1.25. The predicted molar refractivity (Wildman–Crippen MR) is 77.1 cm³/mol. The summed E-state index contributed by atoms with van der Waals surface area (Å²) in [5.74, 6) is -3.23. The molecule has 0 atom stereocenters. The number of piperazine rings is 1. The van der Waals surface area contributed by atoms with Crippen LogP contribution in [0.15, 0.2) is 18.2 Å². The van der Waals surface area contributed by atoms with Crippen LogP contribution in [0.2, 0.25) is 0 Å². The molecule has 0 aromatic heterocycles. The van der Waals surface area contributed by atoms with Gasteiger partial charge in [-0.3, -0.25) is 10.1 Å². The van der Waals surface area contributed by atoms with E-state index in [0.29, 0.717) is 0 Å². The number of benzene rings is 1. The first-order valence-corrected chi connectivity index (χ1v) is 6.78. The number of hydrogen-bond donors (Lipinski definition) is 2. The number of methoxy groups -OCH3 is 1. The fraction of sp³-hybridized carbons (Fsp3) is 0.462. The highest BCUT2D eigenvalue weighted by Gasteiger charge is 2.41. The van der Waals surface area contributed by atoms with Gasteiger partial charge in [-0.15, -0.1) is 0 Å². The number of nitro groups is 1. The van der Waals surface area contributed by atoms with Crippen molar-refractivity contribution in [3.63, 3.8) is 0 Å². The van der Waals surface area contributed by atoms with Crippen molar-refractivity contribution < 1.29 is 32.4 Å². The van der Waals surface area contributed by atoms with Gasteiger partial charge in [0, 0.05) is 38.3 Å². The standard InChI is InChI=1S/C9H6F3NO5.C4H10N2/c1-17-7-4-5(2-3-6(7)13(15)16)18-8(14)9(10,11)12;1-2-6-4-3-5-1/h2-4H,1H3;5-6H,1-4H2. The second kappa shape index (κ2) is 9.03. The van der Waals surface area contributed by atoms with Gasteiger partial charge in [0.15, 0.2) is 0 Å². The van der Waals surface area contributed by atoms with Gasteiger partial charge in [-0.1, -0.05) is 0 Å². The number of nitro benzene ring substituents is 1. The van der Waals surface area contributed by atoms with Crippen molar-refractivity contribution in [2.45, 2.75) is 6.18 Å². The van der Waals surface area contributed by atoms with E-state index in [-0.39, 0.29) is 5.75 Å². The van der Waals surface area contributed by atoms with Crippen molar-refractivity contribution in [2.75, 3.05) is 33.3 Å². The van der Waals surface area contributed by atoms with Crippen LogP contribution in [0.25, 0.3) is 0 Å². The SMILES string of the molecule is C1CNCCN1.COc1cc(OC(=O)C(F)(F)F)ccc1[N+](=O)[O-]. The third-order valence-corrected chi connectivity index (χ3v) is 2.75. The van der Waals surface area contributed by atoms with E-state index in [2.05, 4.69) is 20.1 Å². The van der Waals surface area contributed by atoms with Gasteiger partial charge in [0.2, 0.25) is 5.75 Å². The van der Waals surface area contributed by atoms with Gasteiger partial charge in [-0.25, -0.2) is 4.79 Å². The number of nitrogens with one attached hydrogen (secondary N) is 2. The molecule has 0 radical (unpaired) electrons. The van der Waals surface area contributed by atoms with E-state index in [4.69, 9.17) is 0 Å². The minimum absolute atomic E-state index is 0.313. The third-order valence-electron chi connectivity index (χ3n) is 2.75. The average Bonchev–Trinajstić information content (AvgIpc) is 2.55. The van der Waals surface area contributed by atoms with Gasteiger partial charge in [0.05, 0.1) is 12.0 Å². The smallest absolute Gasteiger partial charge is 0.490 e. The summed E-state index contributed by atoms with van der Waals surface area (Å²) in [4.78, 5) is 20.3. The Hall–Kier alpha value is -2.40. The molecule has 1 heterocycles. The number of nitrogens with zero attached hydrogens (tertiary/aromatic N) is 1. The molecule has 2 N–H and O–H groups in total. The van der Waals surface area contributed by atoms with E-state index in [0.717, 1.165) is 51.5 Å². The number of alkyl halides is 3. The van der Waals surface area contributed by atoms with Crippen molar-refractivity contribution in [1.82, 2.24) is 10.6 Å². The zero-order valence-electron chi connectivity index (χ0n) is 12.7. The summed E-state index contributed by atoms with van der Waals surface area (Å²) in [7, 11) is 1.09. The fourth-order valence-corrected chi connectivity index (χ4v) is 1.64. The van der Waals surface area contributed by atoms with Crippen molar-refractivity contribution in [2.24, 2.45) is 0 Å². The van der Waals surface area contributed by atoms with Gasteiger partial charge in [0.25, 0.3) is 0 Å². The Balaban J connectivity index is 0.000000400. The van der Waals surface area contributed by atoms with Crippen LogP contribution in [0.1, 0.15) is 0 Å². The van der Waals surface area contributed by atoms with Crippen molar-refractivity contribution in [3.8, 4) is 11.5 Å². The van der Waals surface area contributed by atoms with Crippen LogP contribution in [0.5, 0.6) is 11.5 Å². The van der Waals surface area contributed by atoms with E-state index in [1.165, 1.54) is 0 Å². The van der Waals surface area contributed by atoms with Gasteiger partial charge < -0.3 is 20.1 Å². The van der Waals surface area contributed by atoms with Crippen LogP contribution in [-0.4, -0.2) is 50.4 Å². The molecule has 0 unspecified atom stereocenters. The molecular formula is C13H16F3N3O5. The molecule has 0 bridgehead atoms. The number of hydrogen-bond acceptors (Lipinski definition) is 7. The van der Waals surface area contributed by atoms with Crippen LogP contribution in [-0.2, 0) is 4.79 Å². The largest absolute Gasteiger partial charge is 0.491 e. The lowest BCUT2D eigenvalue weighted by molar-refractivity contribution is -0.385. The number of ether oxygens (including phenoxy) is 2. The Bertz CT molecular complexity index is 565. The Kier molecular flexibility index (Phi) is 7.39. The highest BCUT2D eigenvalue weighted by atomic mass is 19.4. The zero-order chi connectivity index (χ0) is 18.2. The molecule has 24 heavy (non-hydrogen) atoms. The van der Waals surface area contributed by atoms with Crippen LogP contribution < -0.4 is 20.1 Å².